The Balaban J connectivity index is 3.36. The number of carbonyl (C=O) groups excluding carboxylic acids is 2. The summed E-state index contributed by atoms with van der Waals surface area (Å²) in [5, 5.41) is 23.1. The third kappa shape index (κ3) is 47.9. The molecule has 0 spiro atoms. The minimum Gasteiger partial charge on any atom is -0.466 e. The molecule has 0 rings (SSSR count). The molecule has 0 aromatic carbocycles. The molecule has 0 heterocycles. The van der Waals surface area contributed by atoms with Crippen molar-refractivity contribution >= 4 is 11.9 Å². The van der Waals surface area contributed by atoms with E-state index in [4.69, 9.17) is 4.74 Å². The Morgan fingerprint density at radius 3 is 1.16 bits per heavy atom. The number of hydrogen-bond acceptors (Lipinski definition) is 5. The summed E-state index contributed by atoms with van der Waals surface area (Å²) in [6.07, 6.45) is 59.2. The maximum Gasteiger partial charge on any atom is 0.305 e. The Bertz CT molecular complexity index is 909. The zero-order chi connectivity index (χ0) is 44.4. The van der Waals surface area contributed by atoms with E-state index in [1.807, 2.05) is 0 Å². The summed E-state index contributed by atoms with van der Waals surface area (Å²) in [6, 6.07) is -0.541. The van der Waals surface area contributed by atoms with E-state index < -0.39 is 12.1 Å². The molecule has 0 aliphatic heterocycles. The van der Waals surface area contributed by atoms with E-state index in [2.05, 4.69) is 31.3 Å². The second-order valence-electron chi connectivity index (χ2n) is 18.9. The first-order valence-corrected chi connectivity index (χ1v) is 27.4. The van der Waals surface area contributed by atoms with Crippen LogP contribution in [0.5, 0.6) is 0 Å². The van der Waals surface area contributed by atoms with Crippen LogP contribution < -0.4 is 5.32 Å². The zero-order valence-electron chi connectivity index (χ0n) is 41.2. The average Bonchev–Trinajstić information content (AvgIpc) is 3.26. The molecule has 1 amide bonds. The van der Waals surface area contributed by atoms with E-state index in [1.54, 1.807) is 0 Å². The molecule has 362 valence electrons. The lowest BCUT2D eigenvalue weighted by Crippen LogP contribution is -2.45. The van der Waals surface area contributed by atoms with Crippen molar-refractivity contribution in [2.45, 2.75) is 315 Å². The number of amides is 1. The number of carbonyl (C=O) groups is 2. The van der Waals surface area contributed by atoms with Crippen LogP contribution in [-0.2, 0) is 14.3 Å². The van der Waals surface area contributed by atoms with E-state index >= 15 is 0 Å². The fourth-order valence-electron chi connectivity index (χ4n) is 8.58. The highest BCUT2D eigenvalue weighted by molar-refractivity contribution is 5.76. The highest BCUT2D eigenvalue weighted by atomic mass is 16.5. The second-order valence-corrected chi connectivity index (χ2v) is 18.9. The predicted octanol–water partition coefficient (Wildman–Crippen LogP) is 16.5. The highest BCUT2D eigenvalue weighted by Gasteiger charge is 2.20. The molecule has 6 nitrogen and oxygen atoms in total. The first-order valence-electron chi connectivity index (χ1n) is 27.4. The van der Waals surface area contributed by atoms with Crippen LogP contribution in [0.3, 0.4) is 0 Å². The first kappa shape index (κ1) is 59.6. The van der Waals surface area contributed by atoms with E-state index in [-0.39, 0.29) is 18.5 Å². The van der Waals surface area contributed by atoms with Crippen molar-refractivity contribution in [1.29, 1.82) is 0 Å². The number of ether oxygens (including phenoxy) is 1. The maximum atomic E-state index is 12.4. The number of nitrogens with one attached hydrogen (secondary N) is 1. The van der Waals surface area contributed by atoms with Gasteiger partial charge >= 0.3 is 5.97 Å². The zero-order valence-corrected chi connectivity index (χ0v) is 41.2. The number of esters is 1. The Morgan fingerprint density at radius 2 is 0.770 bits per heavy atom. The van der Waals surface area contributed by atoms with Crippen molar-refractivity contribution in [3.05, 3.63) is 12.2 Å². The molecule has 0 aromatic rings. The Kier molecular flexibility index (Phi) is 50.1. The summed E-state index contributed by atoms with van der Waals surface area (Å²) in [6.45, 7) is 4.93. The number of aliphatic hydroxyl groups excluding tert-OH is 2. The average molecular weight is 862 g/mol. The number of aliphatic hydroxyl groups is 2. The van der Waals surface area contributed by atoms with Crippen molar-refractivity contribution < 1.29 is 24.5 Å². The SMILES string of the molecule is CCCCCCCCC/C=C\CCCCCCCC(=O)OCCCCCCCCCCCCCCCCCCCCCC(=O)NC(CO)C(O)CCCCCCCCCCC. The van der Waals surface area contributed by atoms with Gasteiger partial charge < -0.3 is 20.3 Å². The number of allylic oxidation sites excluding steroid dienone is 2. The molecule has 0 radical (unpaired) electrons. The minimum atomic E-state index is -0.663. The van der Waals surface area contributed by atoms with E-state index in [0.717, 1.165) is 44.9 Å². The number of hydrogen-bond donors (Lipinski definition) is 3. The molecule has 0 fully saturated rings. The molecule has 0 bridgehead atoms. The van der Waals surface area contributed by atoms with Crippen LogP contribution in [0, 0.1) is 0 Å². The minimum absolute atomic E-state index is 0.00176. The third-order valence-corrected chi connectivity index (χ3v) is 12.8. The second kappa shape index (κ2) is 51.2. The monoisotopic (exact) mass is 862 g/mol. The molecule has 6 heteroatoms. The molecule has 2 unspecified atom stereocenters. The van der Waals surface area contributed by atoms with Crippen molar-refractivity contribution in [3.63, 3.8) is 0 Å². The van der Waals surface area contributed by atoms with Gasteiger partial charge in [-0.15, -0.1) is 0 Å². The molecule has 3 N–H and O–H groups in total. The summed E-state index contributed by atoms with van der Waals surface area (Å²) in [5.74, 6) is -0.0380. The van der Waals surface area contributed by atoms with Crippen molar-refractivity contribution in [2.24, 2.45) is 0 Å². The van der Waals surface area contributed by atoms with Crippen molar-refractivity contribution in [1.82, 2.24) is 5.32 Å². The van der Waals surface area contributed by atoms with Crippen LogP contribution in [0.2, 0.25) is 0 Å². The predicted molar refractivity (Wildman–Crippen MR) is 264 cm³/mol. The van der Waals surface area contributed by atoms with Gasteiger partial charge in [-0.05, 0) is 51.4 Å². The molecule has 0 aliphatic rings. The van der Waals surface area contributed by atoms with Gasteiger partial charge in [0.25, 0.3) is 0 Å². The summed E-state index contributed by atoms with van der Waals surface area (Å²) in [7, 11) is 0. The lowest BCUT2D eigenvalue weighted by atomic mass is 10.0. The van der Waals surface area contributed by atoms with Crippen LogP contribution in [-0.4, -0.2) is 47.4 Å². The Morgan fingerprint density at radius 1 is 0.443 bits per heavy atom. The van der Waals surface area contributed by atoms with Crippen molar-refractivity contribution in [2.75, 3.05) is 13.2 Å². The molecule has 0 saturated carbocycles. The summed E-state index contributed by atoms with van der Waals surface area (Å²) < 4.78 is 5.48. The smallest absolute Gasteiger partial charge is 0.305 e. The fourth-order valence-corrected chi connectivity index (χ4v) is 8.58. The maximum absolute atomic E-state index is 12.4. The quantitative estimate of drug-likeness (QED) is 0.0322. The van der Waals surface area contributed by atoms with Crippen molar-refractivity contribution in [3.8, 4) is 0 Å². The molecular formula is C55H107NO5. The summed E-state index contributed by atoms with van der Waals surface area (Å²) in [5.41, 5.74) is 0. The highest BCUT2D eigenvalue weighted by Crippen LogP contribution is 2.17. The van der Waals surface area contributed by atoms with Gasteiger partial charge in [0.05, 0.1) is 25.4 Å². The van der Waals surface area contributed by atoms with Gasteiger partial charge in [0.1, 0.15) is 0 Å². The van der Waals surface area contributed by atoms with Gasteiger partial charge in [-0.2, -0.15) is 0 Å². The van der Waals surface area contributed by atoms with E-state index in [1.165, 1.54) is 225 Å². The normalized spacial score (nSPS) is 12.7. The molecule has 61 heavy (non-hydrogen) atoms. The van der Waals surface area contributed by atoms with Gasteiger partial charge in [-0.3, -0.25) is 9.59 Å². The largest absolute Gasteiger partial charge is 0.466 e. The van der Waals surface area contributed by atoms with Gasteiger partial charge in [-0.25, -0.2) is 0 Å². The summed E-state index contributed by atoms with van der Waals surface area (Å²) >= 11 is 0. The Labute approximate surface area is 380 Å². The lowest BCUT2D eigenvalue weighted by Gasteiger charge is -2.22. The van der Waals surface area contributed by atoms with E-state index in [9.17, 15) is 19.8 Å². The van der Waals surface area contributed by atoms with Crippen LogP contribution in [0.25, 0.3) is 0 Å². The van der Waals surface area contributed by atoms with Gasteiger partial charge in [0.2, 0.25) is 5.91 Å². The molecule has 2 atom stereocenters. The van der Waals surface area contributed by atoms with Crippen LogP contribution in [0.1, 0.15) is 303 Å². The third-order valence-electron chi connectivity index (χ3n) is 12.8. The van der Waals surface area contributed by atoms with Crippen LogP contribution in [0.15, 0.2) is 12.2 Å². The summed E-state index contributed by atoms with van der Waals surface area (Å²) in [4.78, 5) is 24.4. The topological polar surface area (TPSA) is 95.9 Å². The van der Waals surface area contributed by atoms with Gasteiger partial charge in [0.15, 0.2) is 0 Å². The molecule has 0 aliphatic carbocycles. The number of unbranched alkanes of at least 4 members (excludes halogenated alkanes) is 38. The van der Waals surface area contributed by atoms with Gasteiger partial charge in [-0.1, -0.05) is 251 Å². The Hall–Kier alpha value is -1.40. The molecular weight excluding hydrogens is 755 g/mol. The molecule has 0 saturated heterocycles. The standard InChI is InChI=1S/C55H107NO5/c1-3-5-7-9-11-13-14-15-16-23-26-29-33-37-41-45-49-55(60)61-50-46-42-38-34-30-27-24-21-19-17-18-20-22-25-28-32-36-40-44-48-54(59)56-52(51-57)53(58)47-43-39-35-31-12-10-8-6-4-2/h16,23,52-53,57-58H,3-15,17-22,24-51H2,1-2H3,(H,56,59)/b23-16-. The first-order chi connectivity index (χ1) is 30.0. The fraction of sp³-hybridized carbons (Fsp3) is 0.927. The molecule has 0 aromatic heterocycles. The number of rotatable bonds is 51. The van der Waals surface area contributed by atoms with E-state index in [0.29, 0.717) is 25.9 Å². The van der Waals surface area contributed by atoms with Crippen LogP contribution in [0.4, 0.5) is 0 Å². The van der Waals surface area contributed by atoms with Gasteiger partial charge in [0, 0.05) is 12.8 Å². The lowest BCUT2D eigenvalue weighted by molar-refractivity contribution is -0.143. The van der Waals surface area contributed by atoms with Crippen LogP contribution >= 0.6 is 0 Å².